The number of fused-ring (bicyclic) bond motifs is 1. The summed E-state index contributed by atoms with van der Waals surface area (Å²) in [6.07, 6.45) is 5.05. The molecule has 142 valence electrons. The Morgan fingerprint density at radius 1 is 1.11 bits per heavy atom. The number of nitrogens with zero attached hydrogens (tertiary/aromatic N) is 4. The van der Waals surface area contributed by atoms with Crippen LogP contribution >= 0.6 is 23.2 Å². The molecule has 5 nitrogen and oxygen atoms in total. The number of carbonyl (C=O) groups is 1. The zero-order chi connectivity index (χ0) is 19.1. The number of allylic oxidation sites excluding steroid dienone is 1. The zero-order valence-electron chi connectivity index (χ0n) is 15.5. The third-order valence-corrected chi connectivity index (χ3v) is 6.28. The molecule has 1 atom stereocenters. The first-order valence-corrected chi connectivity index (χ1v) is 9.97. The monoisotopic (exact) mass is 404 g/mol. The van der Waals surface area contributed by atoms with E-state index in [2.05, 4.69) is 5.10 Å². The lowest BCUT2D eigenvalue weighted by atomic mass is 9.93. The molecule has 1 aromatic heterocycles. The summed E-state index contributed by atoms with van der Waals surface area (Å²) in [7, 11) is 1.97. The third-order valence-electron chi connectivity index (χ3n) is 5.54. The van der Waals surface area contributed by atoms with Gasteiger partial charge in [0, 0.05) is 31.9 Å². The number of aromatic nitrogens is 2. The van der Waals surface area contributed by atoms with E-state index in [1.807, 2.05) is 46.7 Å². The Morgan fingerprint density at radius 2 is 1.85 bits per heavy atom. The van der Waals surface area contributed by atoms with Crippen LogP contribution in [0.2, 0.25) is 10.0 Å². The number of anilines is 1. The first kappa shape index (κ1) is 18.4. The fraction of sp³-hybridized carbons (Fsp3) is 0.400. The van der Waals surface area contributed by atoms with E-state index in [1.54, 1.807) is 12.3 Å². The van der Waals surface area contributed by atoms with Crippen molar-refractivity contribution in [2.45, 2.75) is 32.2 Å². The largest absolute Gasteiger partial charge is 0.339 e. The van der Waals surface area contributed by atoms with Gasteiger partial charge in [0.2, 0.25) is 0 Å². The lowest BCUT2D eigenvalue weighted by molar-refractivity contribution is -0.128. The maximum absolute atomic E-state index is 13.5. The van der Waals surface area contributed by atoms with Crippen molar-refractivity contribution in [3.8, 4) is 0 Å². The highest BCUT2D eigenvalue weighted by atomic mass is 35.5. The summed E-state index contributed by atoms with van der Waals surface area (Å²) in [6, 6.07) is 7.17. The number of carbonyl (C=O) groups excluding carboxylic acids is 1. The summed E-state index contributed by atoms with van der Waals surface area (Å²) in [5.74, 6) is 1.02. The van der Waals surface area contributed by atoms with Crippen LogP contribution in [0.25, 0.3) is 0 Å². The first-order chi connectivity index (χ1) is 13.0. The minimum Gasteiger partial charge on any atom is -0.339 e. The van der Waals surface area contributed by atoms with E-state index in [4.69, 9.17) is 23.2 Å². The number of rotatable bonds is 2. The van der Waals surface area contributed by atoms with Crippen molar-refractivity contribution >= 4 is 34.9 Å². The number of amides is 1. The van der Waals surface area contributed by atoms with Gasteiger partial charge >= 0.3 is 0 Å². The van der Waals surface area contributed by atoms with Gasteiger partial charge in [-0.05, 0) is 43.9 Å². The van der Waals surface area contributed by atoms with Crippen molar-refractivity contribution in [3.05, 3.63) is 57.3 Å². The smallest absolute Gasteiger partial charge is 0.254 e. The van der Waals surface area contributed by atoms with Crippen molar-refractivity contribution in [2.75, 3.05) is 25.0 Å². The predicted octanol–water partition coefficient (Wildman–Crippen LogP) is 4.52. The summed E-state index contributed by atoms with van der Waals surface area (Å²) in [5.41, 5.74) is 2.59. The van der Waals surface area contributed by atoms with Gasteiger partial charge in [0.1, 0.15) is 11.9 Å². The van der Waals surface area contributed by atoms with Gasteiger partial charge in [-0.3, -0.25) is 4.79 Å². The van der Waals surface area contributed by atoms with Crippen LogP contribution in [0.15, 0.2) is 41.7 Å². The Morgan fingerprint density at radius 3 is 2.56 bits per heavy atom. The summed E-state index contributed by atoms with van der Waals surface area (Å²) >= 11 is 12.4. The normalized spacial score (nSPS) is 20.1. The Balaban J connectivity index is 1.85. The Labute approximate surface area is 169 Å². The van der Waals surface area contributed by atoms with Gasteiger partial charge in [-0.2, -0.15) is 5.10 Å². The van der Waals surface area contributed by atoms with Crippen LogP contribution < -0.4 is 4.90 Å². The Bertz CT molecular complexity index is 914. The molecule has 1 saturated heterocycles. The van der Waals surface area contributed by atoms with Crippen LogP contribution in [0.4, 0.5) is 5.82 Å². The van der Waals surface area contributed by atoms with E-state index in [1.165, 1.54) is 6.42 Å². The highest BCUT2D eigenvalue weighted by molar-refractivity contribution is 6.42. The molecule has 2 aliphatic rings. The highest BCUT2D eigenvalue weighted by Gasteiger charge is 2.37. The molecular formula is C20H22Cl2N4O. The zero-order valence-corrected chi connectivity index (χ0v) is 17.0. The van der Waals surface area contributed by atoms with Crippen molar-refractivity contribution in [1.29, 1.82) is 0 Å². The predicted molar refractivity (Wildman–Crippen MR) is 108 cm³/mol. The van der Waals surface area contributed by atoms with Crippen LogP contribution in [-0.2, 0) is 4.79 Å². The number of piperidine rings is 1. The van der Waals surface area contributed by atoms with Crippen molar-refractivity contribution in [1.82, 2.24) is 14.7 Å². The van der Waals surface area contributed by atoms with Gasteiger partial charge in [0.25, 0.3) is 5.91 Å². The fourth-order valence-corrected chi connectivity index (χ4v) is 4.28. The molecule has 0 bridgehead atoms. The van der Waals surface area contributed by atoms with E-state index in [0.717, 1.165) is 48.6 Å². The highest BCUT2D eigenvalue weighted by Crippen LogP contribution is 2.40. The molecule has 0 spiro atoms. The van der Waals surface area contributed by atoms with Crippen LogP contribution in [0.1, 0.15) is 37.8 Å². The minimum atomic E-state index is -0.324. The second kappa shape index (κ2) is 7.21. The molecule has 4 rings (SSSR count). The standard InChI is InChI=1S/C20H22Cl2N4O/c1-13-18(20(27)25-10-4-3-5-11-25)19(14-6-7-15(21)16(22)12-14)26-17(24(13)2)8-9-23-26/h6-9,12,19H,3-5,10-11H2,1-2H3. The molecule has 0 aliphatic carbocycles. The van der Waals surface area contributed by atoms with E-state index in [-0.39, 0.29) is 11.9 Å². The molecule has 7 heteroatoms. The molecule has 3 heterocycles. The first-order valence-electron chi connectivity index (χ1n) is 9.21. The number of benzene rings is 1. The maximum Gasteiger partial charge on any atom is 0.254 e. The molecule has 1 fully saturated rings. The lowest BCUT2D eigenvalue weighted by Gasteiger charge is -2.37. The molecule has 1 aromatic carbocycles. The molecule has 0 N–H and O–H groups in total. The summed E-state index contributed by atoms with van der Waals surface area (Å²) in [4.78, 5) is 17.5. The molecule has 2 aliphatic heterocycles. The second-order valence-corrected chi connectivity index (χ2v) is 7.94. The van der Waals surface area contributed by atoms with Gasteiger partial charge in [-0.15, -0.1) is 0 Å². The van der Waals surface area contributed by atoms with E-state index >= 15 is 0 Å². The molecule has 0 radical (unpaired) electrons. The number of halogens is 2. The molecule has 2 aromatic rings. The van der Waals surface area contributed by atoms with Crippen LogP contribution in [-0.4, -0.2) is 40.7 Å². The van der Waals surface area contributed by atoms with Crippen molar-refractivity contribution in [3.63, 3.8) is 0 Å². The van der Waals surface area contributed by atoms with Gasteiger partial charge in [-0.1, -0.05) is 29.3 Å². The topological polar surface area (TPSA) is 41.4 Å². The summed E-state index contributed by atoms with van der Waals surface area (Å²) in [6.45, 7) is 3.61. The quantitative estimate of drug-likeness (QED) is 0.738. The lowest BCUT2D eigenvalue weighted by Crippen LogP contribution is -2.42. The maximum atomic E-state index is 13.5. The summed E-state index contributed by atoms with van der Waals surface area (Å²) < 4.78 is 1.89. The van der Waals surface area contributed by atoms with Crippen molar-refractivity contribution in [2.24, 2.45) is 0 Å². The summed E-state index contributed by atoms with van der Waals surface area (Å²) in [5, 5.41) is 5.50. The molecule has 1 amide bonds. The van der Waals surface area contributed by atoms with Gasteiger partial charge in [0.15, 0.2) is 0 Å². The van der Waals surface area contributed by atoms with Crippen LogP contribution in [0.3, 0.4) is 0 Å². The fourth-order valence-electron chi connectivity index (χ4n) is 3.97. The Kier molecular flexibility index (Phi) is 4.91. The van der Waals surface area contributed by atoms with E-state index in [0.29, 0.717) is 10.0 Å². The second-order valence-electron chi connectivity index (χ2n) is 7.12. The van der Waals surface area contributed by atoms with Crippen molar-refractivity contribution < 1.29 is 4.79 Å². The molecule has 1 unspecified atom stereocenters. The molecule has 0 saturated carbocycles. The average Bonchev–Trinajstić information content (AvgIpc) is 3.17. The third kappa shape index (κ3) is 3.13. The molecular weight excluding hydrogens is 383 g/mol. The SMILES string of the molecule is CC1=C(C(=O)N2CCCCC2)C(c2ccc(Cl)c(Cl)c2)n2nccc2N1C. The van der Waals surface area contributed by atoms with Crippen LogP contribution in [0.5, 0.6) is 0 Å². The van der Waals surface area contributed by atoms with Gasteiger partial charge in [-0.25, -0.2) is 4.68 Å². The van der Waals surface area contributed by atoms with E-state index < -0.39 is 0 Å². The number of hydrogen-bond donors (Lipinski definition) is 0. The van der Waals surface area contributed by atoms with Gasteiger partial charge in [0.05, 0.1) is 21.8 Å². The molecule has 27 heavy (non-hydrogen) atoms. The number of likely N-dealkylation sites (tertiary alicyclic amines) is 1. The Hall–Kier alpha value is -1.98. The van der Waals surface area contributed by atoms with Crippen LogP contribution in [0, 0.1) is 0 Å². The van der Waals surface area contributed by atoms with Gasteiger partial charge < -0.3 is 9.80 Å². The number of hydrogen-bond acceptors (Lipinski definition) is 3. The average molecular weight is 405 g/mol. The van der Waals surface area contributed by atoms with E-state index in [9.17, 15) is 4.79 Å². The minimum absolute atomic E-state index is 0.0799.